The first kappa shape index (κ1) is 19.2. The third-order valence-electron chi connectivity index (χ3n) is 4.57. The van der Waals surface area contributed by atoms with Crippen LogP contribution in [0.4, 0.5) is 4.79 Å². The van der Waals surface area contributed by atoms with E-state index in [2.05, 4.69) is 10.5 Å². The van der Waals surface area contributed by atoms with Crippen molar-refractivity contribution >= 4 is 23.0 Å². The lowest BCUT2D eigenvalue weighted by Gasteiger charge is -2.36. The van der Waals surface area contributed by atoms with Crippen LogP contribution >= 0.6 is 0 Å². The zero-order valence-electron chi connectivity index (χ0n) is 16.2. The molecule has 0 aliphatic carbocycles. The maximum Gasteiger partial charge on any atom is 0.410 e. The van der Waals surface area contributed by atoms with Crippen molar-refractivity contribution in [2.75, 3.05) is 13.1 Å². The van der Waals surface area contributed by atoms with Crippen LogP contribution in [0, 0.1) is 0 Å². The first-order chi connectivity index (χ1) is 12.8. The number of likely N-dealkylation sites (tertiary alicyclic amines) is 1. The average Bonchev–Trinajstić information content (AvgIpc) is 3.02. The molecule has 1 aliphatic heterocycles. The molecule has 0 spiro atoms. The summed E-state index contributed by atoms with van der Waals surface area (Å²) in [4.78, 5) is 26.6. The van der Waals surface area contributed by atoms with Crippen LogP contribution in [0.25, 0.3) is 11.0 Å². The molecule has 1 atom stereocenters. The lowest BCUT2D eigenvalue weighted by molar-refractivity contribution is -0.120. The van der Waals surface area contributed by atoms with Crippen LogP contribution in [0.1, 0.15) is 45.7 Å². The molecule has 2 heterocycles. The van der Waals surface area contributed by atoms with E-state index in [-0.39, 0.29) is 24.5 Å². The number of hydrogen-bond acceptors (Lipinski definition) is 5. The number of fused-ring (bicyclic) bond motifs is 1. The molecule has 1 fully saturated rings. The van der Waals surface area contributed by atoms with Gasteiger partial charge in [0.1, 0.15) is 11.3 Å². The van der Waals surface area contributed by atoms with Crippen molar-refractivity contribution in [3.8, 4) is 0 Å². The lowest BCUT2D eigenvalue weighted by atomic mass is 10.0. The number of nitrogens with one attached hydrogen (secondary N) is 1. The second-order valence-corrected chi connectivity index (χ2v) is 7.93. The number of hydrogen-bond donors (Lipinski definition) is 1. The quantitative estimate of drug-likeness (QED) is 0.889. The number of benzene rings is 1. The zero-order chi connectivity index (χ0) is 19.4. The van der Waals surface area contributed by atoms with E-state index in [1.807, 2.05) is 45.0 Å². The molecule has 1 aromatic carbocycles. The molecule has 3 rings (SSSR count). The largest absolute Gasteiger partial charge is 0.444 e. The summed E-state index contributed by atoms with van der Waals surface area (Å²) in [5.74, 6) is -0.135. The van der Waals surface area contributed by atoms with E-state index >= 15 is 0 Å². The van der Waals surface area contributed by atoms with Crippen molar-refractivity contribution in [1.29, 1.82) is 0 Å². The molecule has 146 valence electrons. The molecule has 0 unspecified atom stereocenters. The molecule has 7 nitrogen and oxygen atoms in total. The van der Waals surface area contributed by atoms with Crippen molar-refractivity contribution in [3.63, 3.8) is 0 Å². The molecule has 2 aromatic rings. The van der Waals surface area contributed by atoms with Gasteiger partial charge in [0.25, 0.3) is 0 Å². The van der Waals surface area contributed by atoms with Gasteiger partial charge in [0, 0.05) is 18.5 Å². The fourth-order valence-electron chi connectivity index (χ4n) is 3.29. The molecule has 1 aromatic heterocycles. The fraction of sp³-hybridized carbons (Fsp3) is 0.550. The van der Waals surface area contributed by atoms with E-state index < -0.39 is 5.60 Å². The van der Waals surface area contributed by atoms with Crippen molar-refractivity contribution in [2.45, 2.75) is 58.1 Å². The van der Waals surface area contributed by atoms with E-state index in [1.165, 1.54) is 0 Å². The Morgan fingerprint density at radius 2 is 2.07 bits per heavy atom. The van der Waals surface area contributed by atoms with Gasteiger partial charge in [0.15, 0.2) is 5.58 Å². The highest BCUT2D eigenvalue weighted by atomic mass is 16.6. The minimum Gasteiger partial charge on any atom is -0.444 e. The molecule has 1 aliphatic rings. The summed E-state index contributed by atoms with van der Waals surface area (Å²) in [6.45, 7) is 6.63. The number of rotatable bonds is 4. The molecule has 0 bridgehead atoms. The number of amides is 2. The summed E-state index contributed by atoms with van der Waals surface area (Å²) < 4.78 is 10.7. The molecule has 1 N–H and O–H groups in total. The summed E-state index contributed by atoms with van der Waals surface area (Å²) >= 11 is 0. The molecule has 27 heavy (non-hydrogen) atoms. The summed E-state index contributed by atoms with van der Waals surface area (Å²) in [6.07, 6.45) is 2.68. The number of para-hydroxylation sites is 1. The number of nitrogens with zero attached hydrogens (tertiary/aromatic N) is 2. The van der Waals surface area contributed by atoms with Crippen molar-refractivity contribution < 1.29 is 18.8 Å². The van der Waals surface area contributed by atoms with Gasteiger partial charge in [-0.2, -0.15) is 0 Å². The highest BCUT2D eigenvalue weighted by Gasteiger charge is 2.30. The second-order valence-electron chi connectivity index (χ2n) is 7.93. The number of carbonyl (C=O) groups excluding carboxylic acids is 2. The van der Waals surface area contributed by atoms with Crippen LogP contribution in [-0.4, -0.2) is 46.8 Å². The van der Waals surface area contributed by atoms with Gasteiger partial charge in [-0.1, -0.05) is 17.3 Å². The van der Waals surface area contributed by atoms with Crippen LogP contribution in [0.15, 0.2) is 28.8 Å². The summed E-state index contributed by atoms with van der Waals surface area (Å²) in [5.41, 5.74) is 0.760. The number of carbonyl (C=O) groups is 2. The predicted octanol–water partition coefficient (Wildman–Crippen LogP) is 3.28. The number of ether oxygens (including phenoxy) is 1. The summed E-state index contributed by atoms with van der Waals surface area (Å²) in [6, 6.07) is 7.42. The third-order valence-corrected chi connectivity index (χ3v) is 4.57. The smallest absolute Gasteiger partial charge is 0.410 e. The highest BCUT2D eigenvalue weighted by molar-refractivity contribution is 5.86. The Morgan fingerprint density at radius 1 is 1.30 bits per heavy atom. The lowest BCUT2D eigenvalue weighted by Crippen LogP contribution is -2.51. The Bertz CT molecular complexity index is 809. The van der Waals surface area contributed by atoms with Crippen LogP contribution < -0.4 is 5.32 Å². The van der Waals surface area contributed by atoms with Gasteiger partial charge < -0.3 is 19.5 Å². The monoisotopic (exact) mass is 373 g/mol. The van der Waals surface area contributed by atoms with Gasteiger partial charge in [0.05, 0.1) is 12.5 Å². The van der Waals surface area contributed by atoms with Crippen molar-refractivity contribution in [1.82, 2.24) is 15.4 Å². The molecular weight excluding hydrogens is 346 g/mol. The predicted molar refractivity (Wildman–Crippen MR) is 101 cm³/mol. The van der Waals surface area contributed by atoms with Crippen LogP contribution in [0.2, 0.25) is 0 Å². The summed E-state index contributed by atoms with van der Waals surface area (Å²) in [5, 5.41) is 7.77. The molecule has 0 radical (unpaired) electrons. The van der Waals surface area contributed by atoms with E-state index in [4.69, 9.17) is 9.26 Å². The average molecular weight is 373 g/mol. The zero-order valence-corrected chi connectivity index (χ0v) is 16.2. The van der Waals surface area contributed by atoms with E-state index in [1.54, 1.807) is 4.90 Å². The van der Waals surface area contributed by atoms with Gasteiger partial charge in [0.2, 0.25) is 5.91 Å². The maximum atomic E-state index is 12.4. The SMILES string of the molecule is CC(C)(C)OC(=O)N1CCCC[C@@H]1CNC(=O)Cc1noc2ccccc12. The van der Waals surface area contributed by atoms with Crippen LogP contribution in [0.3, 0.4) is 0 Å². The molecule has 1 saturated heterocycles. The standard InChI is InChI=1S/C20H27N3O4/c1-20(2,3)26-19(25)23-11-7-6-8-14(23)13-21-18(24)12-16-15-9-4-5-10-17(15)27-22-16/h4-5,9-10,14H,6-8,11-13H2,1-3H3,(H,21,24)/t14-/m1/s1. The second kappa shape index (κ2) is 7.98. The van der Waals surface area contributed by atoms with Gasteiger partial charge in [-0.05, 0) is 52.2 Å². The first-order valence-corrected chi connectivity index (χ1v) is 9.43. The van der Waals surface area contributed by atoms with E-state index in [0.717, 1.165) is 24.6 Å². The Morgan fingerprint density at radius 3 is 2.85 bits per heavy atom. The molecule has 2 amide bonds. The normalized spacial score (nSPS) is 17.7. The molecule has 0 saturated carbocycles. The van der Waals surface area contributed by atoms with E-state index in [0.29, 0.717) is 24.4 Å². The topological polar surface area (TPSA) is 84.7 Å². The Balaban J connectivity index is 1.57. The molecule has 7 heteroatoms. The minimum atomic E-state index is -0.531. The third kappa shape index (κ3) is 4.99. The van der Waals surface area contributed by atoms with Crippen LogP contribution in [-0.2, 0) is 16.0 Å². The van der Waals surface area contributed by atoms with Crippen molar-refractivity contribution in [3.05, 3.63) is 30.0 Å². The van der Waals surface area contributed by atoms with Gasteiger partial charge >= 0.3 is 6.09 Å². The Kier molecular flexibility index (Phi) is 5.68. The Hall–Kier alpha value is -2.57. The number of piperidine rings is 1. The highest BCUT2D eigenvalue weighted by Crippen LogP contribution is 2.21. The van der Waals surface area contributed by atoms with Crippen LogP contribution in [0.5, 0.6) is 0 Å². The fourth-order valence-corrected chi connectivity index (χ4v) is 3.29. The van der Waals surface area contributed by atoms with E-state index in [9.17, 15) is 9.59 Å². The Labute approximate surface area is 159 Å². The summed E-state index contributed by atoms with van der Waals surface area (Å²) in [7, 11) is 0. The minimum absolute atomic E-state index is 0.0494. The first-order valence-electron chi connectivity index (χ1n) is 9.43. The van der Waals surface area contributed by atoms with Gasteiger partial charge in [-0.15, -0.1) is 0 Å². The van der Waals surface area contributed by atoms with Gasteiger partial charge in [-0.25, -0.2) is 4.79 Å². The molecular formula is C20H27N3O4. The number of aromatic nitrogens is 1. The van der Waals surface area contributed by atoms with Crippen molar-refractivity contribution in [2.24, 2.45) is 0 Å². The van der Waals surface area contributed by atoms with Gasteiger partial charge in [-0.3, -0.25) is 4.79 Å². The maximum absolute atomic E-state index is 12.4.